The fourth-order valence-corrected chi connectivity index (χ4v) is 8.39. The second kappa shape index (κ2) is 6.49. The predicted octanol–water partition coefficient (Wildman–Crippen LogP) is 3.33. The third-order valence-electron chi connectivity index (χ3n) is 9.20. The molecule has 0 unspecified atom stereocenters. The van der Waals surface area contributed by atoms with Gasteiger partial charge in [-0.3, -0.25) is 19.4 Å². The number of amides is 4. The molecule has 2 saturated heterocycles. The minimum Gasteiger partial charge on any atom is -0.454 e. The molecule has 1 saturated carbocycles. The molecule has 1 aliphatic carbocycles. The van der Waals surface area contributed by atoms with Gasteiger partial charge in [0, 0.05) is 38.0 Å². The molecule has 4 amide bonds. The normalized spacial score (nSPS) is 31.4. The van der Waals surface area contributed by atoms with Crippen molar-refractivity contribution in [2.45, 2.75) is 58.5 Å². The number of urea groups is 1. The zero-order valence-electron chi connectivity index (χ0n) is 21.3. The maximum Gasteiger partial charge on any atom is 0.332 e. The topological polar surface area (TPSA) is 92.3 Å². The molecule has 1 aromatic carbocycles. The van der Waals surface area contributed by atoms with Crippen molar-refractivity contribution in [3.05, 3.63) is 23.8 Å². The van der Waals surface area contributed by atoms with Crippen molar-refractivity contribution in [1.29, 1.82) is 0 Å². The van der Waals surface area contributed by atoms with Gasteiger partial charge in [-0.1, -0.05) is 20.8 Å². The molecule has 36 heavy (non-hydrogen) atoms. The second-order valence-electron chi connectivity index (χ2n) is 12.4. The van der Waals surface area contributed by atoms with Gasteiger partial charge in [-0.15, -0.1) is 0 Å². The zero-order valence-corrected chi connectivity index (χ0v) is 21.3. The van der Waals surface area contributed by atoms with E-state index < -0.39 is 23.3 Å². The van der Waals surface area contributed by atoms with E-state index in [1.54, 1.807) is 0 Å². The van der Waals surface area contributed by atoms with Crippen LogP contribution in [0.2, 0.25) is 0 Å². The lowest BCUT2D eigenvalue weighted by atomic mass is 9.56. The lowest BCUT2D eigenvalue weighted by Gasteiger charge is -2.54. The number of imide groups is 2. The van der Waals surface area contributed by atoms with Gasteiger partial charge in [-0.05, 0) is 47.8 Å². The highest BCUT2D eigenvalue weighted by Gasteiger charge is 2.72. The van der Waals surface area contributed by atoms with Crippen molar-refractivity contribution in [2.75, 3.05) is 25.8 Å². The van der Waals surface area contributed by atoms with Crippen LogP contribution in [-0.2, 0) is 16.0 Å². The van der Waals surface area contributed by atoms with Gasteiger partial charge in [0.15, 0.2) is 16.9 Å². The highest BCUT2D eigenvalue weighted by Crippen LogP contribution is 2.64. The van der Waals surface area contributed by atoms with Gasteiger partial charge in [-0.2, -0.15) is 0 Å². The summed E-state index contributed by atoms with van der Waals surface area (Å²) in [4.78, 5) is 50.6. The highest BCUT2D eigenvalue weighted by molar-refractivity contribution is 6.20. The molecular formula is C27H30N4O5. The molecule has 1 spiro atoms. The number of anilines is 1. The van der Waals surface area contributed by atoms with Gasteiger partial charge in [0.2, 0.25) is 18.6 Å². The van der Waals surface area contributed by atoms with Crippen LogP contribution in [0.5, 0.6) is 11.5 Å². The van der Waals surface area contributed by atoms with E-state index in [1.165, 1.54) is 14.1 Å². The molecule has 7 rings (SSSR count). The van der Waals surface area contributed by atoms with E-state index in [-0.39, 0.29) is 36.1 Å². The van der Waals surface area contributed by atoms with E-state index >= 15 is 0 Å². The number of carbonyl (C=O) groups excluding carboxylic acids is 3. The summed E-state index contributed by atoms with van der Waals surface area (Å²) in [6.07, 6.45) is 2.93. The summed E-state index contributed by atoms with van der Waals surface area (Å²) >= 11 is 0. The zero-order chi connectivity index (χ0) is 25.4. The Hall–Kier alpha value is -3.36. The average molecular weight is 491 g/mol. The van der Waals surface area contributed by atoms with Crippen LogP contribution >= 0.6 is 0 Å². The molecule has 2 aromatic rings. The largest absolute Gasteiger partial charge is 0.454 e. The summed E-state index contributed by atoms with van der Waals surface area (Å²) in [7, 11) is 2.98. The van der Waals surface area contributed by atoms with Crippen molar-refractivity contribution >= 4 is 34.6 Å². The van der Waals surface area contributed by atoms with E-state index in [9.17, 15) is 14.4 Å². The Morgan fingerprint density at radius 3 is 2.31 bits per heavy atom. The number of nitrogens with zero attached hydrogens (tertiary/aromatic N) is 4. The van der Waals surface area contributed by atoms with Crippen LogP contribution in [0.4, 0.5) is 10.6 Å². The van der Waals surface area contributed by atoms with Crippen LogP contribution in [0.15, 0.2) is 18.2 Å². The Morgan fingerprint density at radius 1 is 0.944 bits per heavy atom. The molecule has 5 heterocycles. The first-order valence-corrected chi connectivity index (χ1v) is 12.6. The standard InChI is InChI=1S/C27H30N4O5/c1-25(2)10-16-11-26(3,12-25)21-27(22(32)29(4)24(34)30(5)23(27)33)9-15-6-14-7-18-19(36-13-35-18)8-17(14)28-20(15)31(16)21/h6-8,16,21H,9-13H2,1-5H3/t16-,21-,26-/m0/s1. The van der Waals surface area contributed by atoms with Crippen LogP contribution in [0.3, 0.4) is 0 Å². The number of hydrogen-bond donors (Lipinski definition) is 0. The van der Waals surface area contributed by atoms with Gasteiger partial charge in [0.1, 0.15) is 5.82 Å². The molecular weight excluding hydrogens is 460 g/mol. The average Bonchev–Trinajstić information content (AvgIpc) is 3.36. The van der Waals surface area contributed by atoms with Gasteiger partial charge >= 0.3 is 6.03 Å². The number of rotatable bonds is 0. The molecule has 4 aliphatic heterocycles. The number of barbiturate groups is 1. The molecule has 0 N–H and O–H groups in total. The van der Waals surface area contributed by atoms with Crippen LogP contribution in [0.25, 0.3) is 10.9 Å². The maximum absolute atomic E-state index is 14.1. The maximum atomic E-state index is 14.1. The van der Waals surface area contributed by atoms with Crippen molar-refractivity contribution < 1.29 is 23.9 Å². The third-order valence-corrected chi connectivity index (χ3v) is 9.20. The Balaban J connectivity index is 1.51. The van der Waals surface area contributed by atoms with Gasteiger partial charge in [-0.25, -0.2) is 9.78 Å². The van der Waals surface area contributed by atoms with Crippen LogP contribution in [-0.4, -0.2) is 65.6 Å². The van der Waals surface area contributed by atoms with E-state index in [4.69, 9.17) is 14.5 Å². The van der Waals surface area contributed by atoms with Crippen LogP contribution in [0, 0.1) is 16.2 Å². The molecule has 9 nitrogen and oxygen atoms in total. The summed E-state index contributed by atoms with van der Waals surface area (Å²) < 4.78 is 11.2. The van der Waals surface area contributed by atoms with Crippen molar-refractivity contribution in [3.8, 4) is 11.5 Å². The smallest absolute Gasteiger partial charge is 0.332 e. The number of aromatic nitrogens is 1. The molecule has 5 aliphatic rings. The fraction of sp³-hybridized carbons (Fsp3) is 0.556. The predicted molar refractivity (Wildman–Crippen MR) is 131 cm³/mol. The lowest BCUT2D eigenvalue weighted by Crippen LogP contribution is -2.72. The van der Waals surface area contributed by atoms with Crippen molar-refractivity contribution in [2.24, 2.45) is 16.2 Å². The SMILES string of the molecule is CN1C(=O)N(C)C(=O)C2(Cc3cc4cc5c(cc4nc3N3[C@H]4CC(C)(C)C[C@](C)(C4)[C@H]32)OCO5)C1=O. The minimum absolute atomic E-state index is 0.0492. The molecule has 0 radical (unpaired) electrons. The molecule has 1 aromatic heterocycles. The van der Waals surface area contributed by atoms with Crippen molar-refractivity contribution in [3.63, 3.8) is 0 Å². The lowest BCUT2D eigenvalue weighted by molar-refractivity contribution is -0.161. The summed E-state index contributed by atoms with van der Waals surface area (Å²) in [6, 6.07) is 5.02. The summed E-state index contributed by atoms with van der Waals surface area (Å²) in [5.74, 6) is 1.36. The van der Waals surface area contributed by atoms with E-state index in [0.717, 1.165) is 51.3 Å². The second-order valence-corrected chi connectivity index (χ2v) is 12.4. The van der Waals surface area contributed by atoms with Crippen molar-refractivity contribution in [1.82, 2.24) is 14.8 Å². The first-order valence-electron chi connectivity index (χ1n) is 12.6. The van der Waals surface area contributed by atoms with Crippen LogP contribution in [0.1, 0.15) is 45.6 Å². The summed E-state index contributed by atoms with van der Waals surface area (Å²) in [6.45, 7) is 6.93. The molecule has 3 fully saturated rings. The minimum atomic E-state index is -1.39. The molecule has 9 heteroatoms. The summed E-state index contributed by atoms with van der Waals surface area (Å²) in [5.41, 5.74) is 0.0186. The fourth-order valence-electron chi connectivity index (χ4n) is 8.39. The number of carbonyl (C=O) groups is 3. The summed E-state index contributed by atoms with van der Waals surface area (Å²) in [5, 5.41) is 0.869. The van der Waals surface area contributed by atoms with Gasteiger partial charge in [0.05, 0.1) is 11.6 Å². The Kier molecular flexibility index (Phi) is 3.95. The number of benzene rings is 1. The van der Waals surface area contributed by atoms with Gasteiger partial charge < -0.3 is 14.4 Å². The first-order chi connectivity index (χ1) is 16.9. The van der Waals surface area contributed by atoms with E-state index in [1.807, 2.05) is 18.2 Å². The van der Waals surface area contributed by atoms with E-state index in [2.05, 4.69) is 25.7 Å². The molecule has 3 atom stereocenters. The Morgan fingerprint density at radius 2 is 1.61 bits per heavy atom. The number of pyridine rings is 1. The quantitative estimate of drug-likeness (QED) is 0.523. The van der Waals surface area contributed by atoms with Gasteiger partial charge in [0.25, 0.3) is 0 Å². The first kappa shape index (κ1) is 21.9. The van der Waals surface area contributed by atoms with E-state index in [0.29, 0.717) is 11.5 Å². The number of hydrogen-bond acceptors (Lipinski definition) is 7. The highest BCUT2D eigenvalue weighted by atomic mass is 16.7. The monoisotopic (exact) mass is 490 g/mol. The Bertz CT molecular complexity index is 1380. The molecule has 2 bridgehead atoms. The third kappa shape index (κ3) is 2.51. The van der Waals surface area contributed by atoms with Crippen LogP contribution < -0.4 is 14.4 Å². The molecule has 188 valence electrons. The number of fused-ring (bicyclic) bond motifs is 10. The number of ether oxygens (including phenoxy) is 2. The Labute approximate surface area is 209 Å².